The maximum absolute atomic E-state index is 12.3. The molecule has 0 bridgehead atoms. The molecule has 0 aliphatic rings. The Morgan fingerprint density at radius 2 is 2.25 bits per heavy atom. The van der Waals surface area contributed by atoms with Crippen LogP contribution in [0.15, 0.2) is 15.8 Å². The predicted octanol–water partition coefficient (Wildman–Crippen LogP) is 2.13. The average molecular weight is 136 g/mol. The van der Waals surface area contributed by atoms with Crippen LogP contribution in [0.25, 0.3) is 0 Å². The van der Waals surface area contributed by atoms with E-state index >= 15 is 0 Å². The van der Waals surface area contributed by atoms with Crippen LogP contribution in [0, 0.1) is 4.78 Å². The molecule has 0 rings (SSSR count). The molecule has 0 aromatic heterocycles. The topological polar surface area (TPSA) is 36.2 Å². The van der Waals surface area contributed by atoms with E-state index in [0.29, 0.717) is 0 Å². The molecule has 0 aliphatic heterocycles. The van der Waals surface area contributed by atoms with Crippen molar-refractivity contribution in [2.24, 2.45) is 4.36 Å². The van der Waals surface area contributed by atoms with Crippen molar-refractivity contribution in [1.29, 1.82) is 4.78 Å². The summed E-state index contributed by atoms with van der Waals surface area (Å²) in [5.41, 5.74) is 0. The third-order valence-corrected chi connectivity index (χ3v) is 1.75. The molecule has 0 aromatic carbocycles. The molecule has 0 fully saturated rings. The van der Waals surface area contributed by atoms with E-state index in [-0.39, 0.29) is 0 Å². The van der Waals surface area contributed by atoms with Crippen LogP contribution < -0.4 is 0 Å². The molecule has 1 atom stereocenters. The summed E-state index contributed by atoms with van der Waals surface area (Å²) < 4.78 is 22.3. The van der Waals surface area contributed by atoms with Gasteiger partial charge in [0.1, 0.15) is 10.0 Å². The van der Waals surface area contributed by atoms with Gasteiger partial charge in [0.25, 0.3) is 0 Å². The highest BCUT2D eigenvalue weighted by molar-refractivity contribution is 7.92. The zero-order valence-corrected chi connectivity index (χ0v) is 5.70. The Labute approximate surface area is 49.3 Å². The van der Waals surface area contributed by atoms with E-state index in [1.54, 1.807) is 6.92 Å². The van der Waals surface area contributed by atoms with Gasteiger partial charge in [0, 0.05) is 12.5 Å². The fraction of sp³-hybridized carbons (Fsp3) is 0.500. The highest BCUT2D eigenvalue weighted by Gasteiger charge is 1.86. The van der Waals surface area contributed by atoms with Gasteiger partial charge in [-0.25, -0.2) is 9.14 Å². The molecular formula is C4H9FN2S. The fourth-order valence-electron chi connectivity index (χ4n) is 0.241. The Morgan fingerprint density at radius 3 is 2.38 bits per heavy atom. The molecule has 0 amide bonds. The molecule has 1 unspecified atom stereocenters. The Hall–Kier alpha value is -0.380. The molecule has 2 nitrogen and oxygen atoms in total. The number of allylic oxidation sites excluding steroid dienone is 1. The highest BCUT2D eigenvalue weighted by Crippen LogP contribution is 1.98. The second kappa shape index (κ2) is 2.81. The van der Waals surface area contributed by atoms with Gasteiger partial charge in [-0.2, -0.15) is 0 Å². The normalized spacial score (nSPS) is 18.4. The third kappa shape index (κ3) is 2.74. The average Bonchev–Trinajstić information content (AvgIpc) is 1.67. The summed E-state index contributed by atoms with van der Waals surface area (Å²) in [5, 5.41) is 1.16. The van der Waals surface area contributed by atoms with Gasteiger partial charge < -0.3 is 0 Å². The summed E-state index contributed by atoms with van der Waals surface area (Å²) in [6.45, 7) is 1.67. The third-order valence-electron chi connectivity index (χ3n) is 0.582. The van der Waals surface area contributed by atoms with E-state index in [1.807, 2.05) is 0 Å². The first-order chi connectivity index (χ1) is 3.62. The van der Waals surface area contributed by atoms with Gasteiger partial charge in [0.15, 0.2) is 0 Å². The SMILES string of the molecule is C/C=C/S(=N)(F)=NC. The Bertz CT molecular complexity index is 188. The van der Waals surface area contributed by atoms with Gasteiger partial charge in [-0.05, 0) is 6.92 Å². The van der Waals surface area contributed by atoms with Crippen LogP contribution in [0.4, 0.5) is 3.89 Å². The van der Waals surface area contributed by atoms with E-state index < -0.39 is 10.0 Å². The lowest BCUT2D eigenvalue weighted by molar-refractivity contribution is 0.906. The lowest BCUT2D eigenvalue weighted by atomic mass is 10.8. The molecule has 4 heteroatoms. The summed E-state index contributed by atoms with van der Waals surface area (Å²) in [6, 6.07) is 0. The number of nitrogens with one attached hydrogen (secondary N) is 1. The molecule has 0 aliphatic carbocycles. The number of nitrogens with zero attached hydrogens (tertiary/aromatic N) is 1. The van der Waals surface area contributed by atoms with Crippen LogP contribution in [0.5, 0.6) is 0 Å². The van der Waals surface area contributed by atoms with Gasteiger partial charge in [0.2, 0.25) is 0 Å². The maximum atomic E-state index is 12.3. The van der Waals surface area contributed by atoms with Crippen molar-refractivity contribution < 1.29 is 3.89 Å². The van der Waals surface area contributed by atoms with E-state index in [2.05, 4.69) is 4.36 Å². The van der Waals surface area contributed by atoms with E-state index in [0.717, 1.165) is 5.41 Å². The highest BCUT2D eigenvalue weighted by atomic mass is 32.2. The number of rotatable bonds is 1. The van der Waals surface area contributed by atoms with Crippen molar-refractivity contribution in [2.75, 3.05) is 7.05 Å². The minimum absolute atomic E-state index is 1.16. The molecule has 0 heterocycles. The minimum atomic E-state index is -2.98. The van der Waals surface area contributed by atoms with Crippen molar-refractivity contribution in [3.05, 3.63) is 11.5 Å². The van der Waals surface area contributed by atoms with Crippen LogP contribution in [-0.4, -0.2) is 7.05 Å². The molecule has 0 aromatic rings. The van der Waals surface area contributed by atoms with E-state index in [1.165, 1.54) is 13.1 Å². The lowest BCUT2D eigenvalue weighted by Gasteiger charge is -1.88. The minimum Gasteiger partial charge on any atom is -0.240 e. The zero-order chi connectivity index (χ0) is 6.62. The maximum Gasteiger partial charge on any atom is 0.115 e. The Balaban J connectivity index is 4.42. The van der Waals surface area contributed by atoms with Crippen LogP contribution in [0.2, 0.25) is 0 Å². The second-order valence-corrected chi connectivity index (χ2v) is 2.94. The van der Waals surface area contributed by atoms with Gasteiger partial charge in [0.05, 0.1) is 0 Å². The van der Waals surface area contributed by atoms with Gasteiger partial charge in [-0.3, -0.25) is 0 Å². The largest absolute Gasteiger partial charge is 0.240 e. The van der Waals surface area contributed by atoms with Crippen LogP contribution in [-0.2, 0) is 10.0 Å². The second-order valence-electron chi connectivity index (χ2n) is 1.20. The summed E-state index contributed by atoms with van der Waals surface area (Å²) in [4.78, 5) is 0. The van der Waals surface area contributed by atoms with Crippen molar-refractivity contribution in [3.8, 4) is 0 Å². The first-order valence-electron chi connectivity index (χ1n) is 2.13. The number of hydrogen-bond acceptors (Lipinski definition) is 2. The molecule has 0 spiro atoms. The standard InChI is InChI=1S/C4H9FN2S/c1-3-4-8(5,6)7-2/h3-4,6H,1-2H3/b4-3+. The lowest BCUT2D eigenvalue weighted by Crippen LogP contribution is -1.76. The van der Waals surface area contributed by atoms with Gasteiger partial charge in [-0.1, -0.05) is 6.08 Å². The smallest absolute Gasteiger partial charge is 0.115 e. The fourth-order valence-corrected chi connectivity index (χ4v) is 0.724. The summed E-state index contributed by atoms with van der Waals surface area (Å²) in [7, 11) is -1.67. The monoisotopic (exact) mass is 136 g/mol. The summed E-state index contributed by atoms with van der Waals surface area (Å²) in [5.74, 6) is 0. The van der Waals surface area contributed by atoms with Crippen molar-refractivity contribution >= 4 is 10.0 Å². The summed E-state index contributed by atoms with van der Waals surface area (Å²) in [6.07, 6.45) is 1.50. The predicted molar refractivity (Wildman–Crippen MR) is 34.4 cm³/mol. The van der Waals surface area contributed by atoms with Crippen LogP contribution in [0.1, 0.15) is 6.92 Å². The van der Waals surface area contributed by atoms with Crippen LogP contribution in [0.3, 0.4) is 0 Å². The first-order valence-corrected chi connectivity index (χ1v) is 3.69. The van der Waals surface area contributed by atoms with Crippen molar-refractivity contribution in [2.45, 2.75) is 6.92 Å². The quantitative estimate of drug-likeness (QED) is 0.573. The first kappa shape index (κ1) is 7.62. The van der Waals surface area contributed by atoms with E-state index in [9.17, 15) is 3.89 Å². The molecule has 0 saturated carbocycles. The molecule has 48 valence electrons. The van der Waals surface area contributed by atoms with Gasteiger partial charge >= 0.3 is 0 Å². The number of hydrogen-bond donors (Lipinski definition) is 1. The number of halogens is 1. The van der Waals surface area contributed by atoms with Gasteiger partial charge in [-0.15, -0.1) is 3.89 Å². The van der Waals surface area contributed by atoms with Crippen molar-refractivity contribution in [1.82, 2.24) is 0 Å². The molecule has 0 radical (unpaired) electrons. The molecular weight excluding hydrogens is 127 g/mol. The van der Waals surface area contributed by atoms with E-state index in [4.69, 9.17) is 4.78 Å². The Morgan fingerprint density at radius 1 is 1.75 bits per heavy atom. The molecule has 0 saturated heterocycles. The summed E-state index contributed by atoms with van der Waals surface area (Å²) >= 11 is 0. The van der Waals surface area contributed by atoms with Crippen LogP contribution >= 0.6 is 0 Å². The zero-order valence-electron chi connectivity index (χ0n) is 4.89. The van der Waals surface area contributed by atoms with Crippen molar-refractivity contribution in [3.63, 3.8) is 0 Å². The molecule has 1 N–H and O–H groups in total. The molecule has 8 heavy (non-hydrogen) atoms. The Kier molecular flexibility index (Phi) is 2.68.